The largest absolute Gasteiger partial charge is 0.340 e. The maximum absolute atomic E-state index is 11.1. The van der Waals surface area contributed by atoms with Crippen molar-refractivity contribution in [3.8, 4) is 0 Å². The van der Waals surface area contributed by atoms with Crippen molar-refractivity contribution in [1.29, 1.82) is 0 Å². The van der Waals surface area contributed by atoms with Gasteiger partial charge in [0.1, 0.15) is 17.0 Å². The Labute approximate surface area is 150 Å². The quantitative estimate of drug-likeness (QED) is 0.727. The van der Waals surface area contributed by atoms with Gasteiger partial charge in [-0.2, -0.15) is 0 Å². The van der Waals surface area contributed by atoms with Gasteiger partial charge in [0.05, 0.1) is 5.39 Å². The van der Waals surface area contributed by atoms with Crippen LogP contribution in [0.2, 0.25) is 0 Å². The first-order chi connectivity index (χ1) is 12.1. The number of nitrogens with zero attached hydrogens (tertiary/aromatic N) is 2. The predicted molar refractivity (Wildman–Crippen MR) is 103 cm³/mol. The van der Waals surface area contributed by atoms with Crippen LogP contribution in [0.15, 0.2) is 30.6 Å². The summed E-state index contributed by atoms with van der Waals surface area (Å²) in [5.41, 5.74) is 3.14. The van der Waals surface area contributed by atoms with E-state index in [-0.39, 0.29) is 5.91 Å². The second kappa shape index (κ2) is 6.44. The highest BCUT2D eigenvalue weighted by Crippen LogP contribution is 2.40. The fourth-order valence-electron chi connectivity index (χ4n) is 3.35. The maximum Gasteiger partial charge on any atom is 0.221 e. The number of carbonyl (C=O) groups excluding carboxylic acids is 1. The summed E-state index contributed by atoms with van der Waals surface area (Å²) < 4.78 is 0. The van der Waals surface area contributed by atoms with E-state index >= 15 is 0 Å². The first-order valence-electron chi connectivity index (χ1n) is 8.50. The first kappa shape index (κ1) is 16.0. The molecule has 0 saturated carbocycles. The summed E-state index contributed by atoms with van der Waals surface area (Å²) in [4.78, 5) is 22.6. The van der Waals surface area contributed by atoms with E-state index in [4.69, 9.17) is 0 Å². The van der Waals surface area contributed by atoms with Gasteiger partial charge in [0, 0.05) is 23.2 Å². The Morgan fingerprint density at radius 3 is 2.72 bits per heavy atom. The molecular formula is C19H20N4OS. The lowest BCUT2D eigenvalue weighted by Crippen LogP contribution is -2.09. The third kappa shape index (κ3) is 3.22. The molecule has 2 N–H and O–H groups in total. The Kier molecular flexibility index (Phi) is 4.13. The Morgan fingerprint density at radius 2 is 1.96 bits per heavy atom. The monoisotopic (exact) mass is 352 g/mol. The summed E-state index contributed by atoms with van der Waals surface area (Å²) in [5, 5.41) is 7.36. The Morgan fingerprint density at radius 1 is 1.20 bits per heavy atom. The predicted octanol–water partition coefficient (Wildman–Crippen LogP) is 4.52. The zero-order chi connectivity index (χ0) is 17.4. The van der Waals surface area contributed by atoms with Crippen molar-refractivity contribution in [2.75, 3.05) is 10.6 Å². The van der Waals surface area contributed by atoms with E-state index < -0.39 is 0 Å². The van der Waals surface area contributed by atoms with Gasteiger partial charge in [-0.15, -0.1) is 11.3 Å². The Bertz CT molecular complexity index is 932. The minimum atomic E-state index is -0.0719. The Balaban J connectivity index is 1.66. The van der Waals surface area contributed by atoms with Gasteiger partial charge >= 0.3 is 0 Å². The zero-order valence-electron chi connectivity index (χ0n) is 14.3. The van der Waals surface area contributed by atoms with E-state index in [1.54, 1.807) is 17.7 Å². The minimum Gasteiger partial charge on any atom is -0.340 e. The number of aryl methyl sites for hydroxylation is 1. The van der Waals surface area contributed by atoms with Crippen molar-refractivity contribution in [3.63, 3.8) is 0 Å². The van der Waals surface area contributed by atoms with Crippen molar-refractivity contribution in [2.24, 2.45) is 5.92 Å². The molecule has 2 aromatic heterocycles. The molecule has 128 valence electrons. The number of hydrogen-bond acceptors (Lipinski definition) is 5. The SMILES string of the molecule is CC(=O)Nc1ccc(Nc2ncnc3sc4c(c23)CCC(C)C4)cc1. The van der Waals surface area contributed by atoms with Crippen LogP contribution in [0.25, 0.3) is 10.2 Å². The van der Waals surface area contributed by atoms with E-state index in [0.717, 1.165) is 40.8 Å². The summed E-state index contributed by atoms with van der Waals surface area (Å²) in [5.74, 6) is 1.54. The maximum atomic E-state index is 11.1. The number of hydrogen-bond donors (Lipinski definition) is 2. The highest BCUT2D eigenvalue weighted by Gasteiger charge is 2.23. The van der Waals surface area contributed by atoms with Crippen LogP contribution in [-0.4, -0.2) is 15.9 Å². The van der Waals surface area contributed by atoms with E-state index in [1.807, 2.05) is 24.3 Å². The molecule has 0 radical (unpaired) electrons. The van der Waals surface area contributed by atoms with Gasteiger partial charge in [0.15, 0.2) is 0 Å². The first-order valence-corrected chi connectivity index (χ1v) is 9.31. The molecule has 6 heteroatoms. The van der Waals surface area contributed by atoms with E-state index in [1.165, 1.54) is 29.2 Å². The van der Waals surface area contributed by atoms with E-state index in [0.29, 0.717) is 0 Å². The fourth-order valence-corrected chi connectivity index (χ4v) is 4.70. The normalized spacial score (nSPS) is 16.5. The van der Waals surface area contributed by atoms with Crippen LogP contribution < -0.4 is 10.6 Å². The number of rotatable bonds is 3. The van der Waals surface area contributed by atoms with E-state index in [2.05, 4.69) is 27.5 Å². The van der Waals surface area contributed by atoms with Crippen molar-refractivity contribution < 1.29 is 4.79 Å². The second-order valence-electron chi connectivity index (χ2n) is 6.64. The molecule has 0 fully saturated rings. The van der Waals surface area contributed by atoms with Gasteiger partial charge in [0.2, 0.25) is 5.91 Å². The molecule has 0 bridgehead atoms. The number of nitrogens with one attached hydrogen (secondary N) is 2. The molecular weight excluding hydrogens is 332 g/mol. The van der Waals surface area contributed by atoms with Crippen molar-refractivity contribution in [1.82, 2.24) is 9.97 Å². The number of carbonyl (C=O) groups is 1. The molecule has 0 saturated heterocycles. The highest BCUT2D eigenvalue weighted by molar-refractivity contribution is 7.19. The lowest BCUT2D eigenvalue weighted by Gasteiger charge is -2.18. The molecule has 2 heterocycles. The van der Waals surface area contributed by atoms with Gasteiger partial charge in [0.25, 0.3) is 0 Å². The Hall–Kier alpha value is -2.47. The van der Waals surface area contributed by atoms with Gasteiger partial charge in [-0.1, -0.05) is 6.92 Å². The van der Waals surface area contributed by atoms with Gasteiger partial charge < -0.3 is 10.6 Å². The number of thiophene rings is 1. The summed E-state index contributed by atoms with van der Waals surface area (Å²) in [7, 11) is 0. The number of fused-ring (bicyclic) bond motifs is 3. The number of anilines is 3. The van der Waals surface area contributed by atoms with Crippen LogP contribution in [0.1, 0.15) is 30.7 Å². The van der Waals surface area contributed by atoms with Crippen molar-refractivity contribution in [2.45, 2.75) is 33.1 Å². The molecule has 1 unspecified atom stereocenters. The van der Waals surface area contributed by atoms with Crippen LogP contribution in [0.3, 0.4) is 0 Å². The molecule has 1 aromatic carbocycles. The van der Waals surface area contributed by atoms with Gasteiger partial charge in [-0.3, -0.25) is 4.79 Å². The smallest absolute Gasteiger partial charge is 0.221 e. The molecule has 0 aliphatic heterocycles. The van der Waals surface area contributed by atoms with Crippen LogP contribution >= 0.6 is 11.3 Å². The van der Waals surface area contributed by atoms with Crippen LogP contribution in [0, 0.1) is 5.92 Å². The molecule has 0 spiro atoms. The minimum absolute atomic E-state index is 0.0719. The fraction of sp³-hybridized carbons (Fsp3) is 0.316. The zero-order valence-corrected chi connectivity index (χ0v) is 15.1. The van der Waals surface area contributed by atoms with Crippen LogP contribution in [0.5, 0.6) is 0 Å². The third-order valence-electron chi connectivity index (χ3n) is 4.56. The van der Waals surface area contributed by atoms with Gasteiger partial charge in [-0.05, 0) is 55.0 Å². The average molecular weight is 352 g/mol. The number of benzene rings is 1. The molecule has 1 atom stereocenters. The number of amides is 1. The third-order valence-corrected chi connectivity index (χ3v) is 5.72. The molecule has 25 heavy (non-hydrogen) atoms. The summed E-state index contributed by atoms with van der Waals surface area (Å²) in [6.45, 7) is 3.82. The highest BCUT2D eigenvalue weighted by atomic mass is 32.1. The molecule has 1 amide bonds. The van der Waals surface area contributed by atoms with Crippen molar-refractivity contribution >= 4 is 44.7 Å². The summed E-state index contributed by atoms with van der Waals surface area (Å²) >= 11 is 1.80. The molecule has 3 aromatic rings. The molecule has 5 nitrogen and oxygen atoms in total. The topological polar surface area (TPSA) is 66.9 Å². The number of aromatic nitrogens is 2. The van der Waals surface area contributed by atoms with Crippen LogP contribution in [0.4, 0.5) is 17.2 Å². The summed E-state index contributed by atoms with van der Waals surface area (Å²) in [6, 6.07) is 7.65. The summed E-state index contributed by atoms with van der Waals surface area (Å²) in [6.07, 6.45) is 5.08. The second-order valence-corrected chi connectivity index (χ2v) is 7.72. The average Bonchev–Trinajstić information content (AvgIpc) is 2.94. The molecule has 1 aliphatic rings. The van der Waals surface area contributed by atoms with Gasteiger partial charge in [-0.25, -0.2) is 9.97 Å². The van der Waals surface area contributed by atoms with Crippen LogP contribution in [-0.2, 0) is 17.6 Å². The molecule has 4 rings (SSSR count). The molecule has 1 aliphatic carbocycles. The standard InChI is InChI=1S/C19H20N4OS/c1-11-3-8-15-16(9-11)25-19-17(15)18(20-10-21-19)23-14-6-4-13(5-7-14)22-12(2)24/h4-7,10-11H,3,8-9H2,1-2H3,(H,22,24)(H,20,21,23). The lowest BCUT2D eigenvalue weighted by atomic mass is 9.89. The van der Waals surface area contributed by atoms with E-state index in [9.17, 15) is 4.79 Å². The lowest BCUT2D eigenvalue weighted by molar-refractivity contribution is -0.114. The van der Waals surface area contributed by atoms with Crippen molar-refractivity contribution in [3.05, 3.63) is 41.0 Å².